The first-order valence-corrected chi connectivity index (χ1v) is 13.6. The summed E-state index contributed by atoms with van der Waals surface area (Å²) in [4.78, 5) is 29.5. The van der Waals surface area contributed by atoms with Crippen LogP contribution in [0.25, 0.3) is 0 Å². The zero-order valence-electron chi connectivity index (χ0n) is 20.6. The van der Waals surface area contributed by atoms with Crippen LogP contribution >= 0.6 is 0 Å². The van der Waals surface area contributed by atoms with Crippen molar-refractivity contribution >= 4 is 21.8 Å². The van der Waals surface area contributed by atoms with E-state index in [1.54, 1.807) is 0 Å². The summed E-state index contributed by atoms with van der Waals surface area (Å²) in [6.07, 6.45) is 2.96. The fourth-order valence-electron chi connectivity index (χ4n) is 6.45. The summed E-state index contributed by atoms with van der Waals surface area (Å²) in [5.41, 5.74) is 2.00. The predicted octanol–water partition coefficient (Wildman–Crippen LogP) is 2.39. The van der Waals surface area contributed by atoms with E-state index in [4.69, 9.17) is 0 Å². The van der Waals surface area contributed by atoms with Gasteiger partial charge in [-0.3, -0.25) is 14.4 Å². The Hall–Kier alpha value is -1.94. The SMILES string of the molecule is Cc1nn([C@@H]2CCS(=O)(=O)C2)c(C)c1CN(C)CN1C(=O)N[C@@]2(C[C@H](C)CC(C)(C)C2)C1=O. The Morgan fingerprint density at radius 2 is 1.91 bits per heavy atom. The number of amides is 3. The van der Waals surface area contributed by atoms with E-state index in [9.17, 15) is 18.0 Å². The third-order valence-electron chi connectivity index (χ3n) is 7.46. The Morgan fingerprint density at radius 3 is 2.52 bits per heavy atom. The molecule has 1 aliphatic carbocycles. The van der Waals surface area contributed by atoms with Crippen molar-refractivity contribution in [3.63, 3.8) is 0 Å². The van der Waals surface area contributed by atoms with E-state index >= 15 is 0 Å². The highest BCUT2D eigenvalue weighted by molar-refractivity contribution is 7.91. The number of nitrogens with zero attached hydrogens (tertiary/aromatic N) is 4. The number of aromatic nitrogens is 2. The lowest BCUT2D eigenvalue weighted by Crippen LogP contribution is -2.54. The van der Waals surface area contributed by atoms with E-state index < -0.39 is 15.4 Å². The highest BCUT2D eigenvalue weighted by atomic mass is 32.2. The Labute approximate surface area is 196 Å². The fourth-order valence-corrected chi connectivity index (χ4v) is 8.14. The summed E-state index contributed by atoms with van der Waals surface area (Å²) >= 11 is 0. The van der Waals surface area contributed by atoms with Crippen molar-refractivity contribution in [2.24, 2.45) is 11.3 Å². The molecule has 1 saturated carbocycles. The molecule has 3 amide bonds. The van der Waals surface area contributed by atoms with Gasteiger partial charge in [-0.15, -0.1) is 0 Å². The maximum atomic E-state index is 13.4. The van der Waals surface area contributed by atoms with E-state index in [0.717, 1.165) is 23.4 Å². The van der Waals surface area contributed by atoms with E-state index in [2.05, 4.69) is 31.2 Å². The maximum absolute atomic E-state index is 13.4. The fraction of sp³-hybridized carbons (Fsp3) is 0.783. The van der Waals surface area contributed by atoms with Crippen LogP contribution in [-0.2, 0) is 21.2 Å². The van der Waals surface area contributed by atoms with Gasteiger partial charge in [0.2, 0.25) is 0 Å². The number of carbonyl (C=O) groups is 2. The molecule has 4 rings (SSSR count). The molecule has 3 heterocycles. The molecule has 2 saturated heterocycles. The molecule has 9 nitrogen and oxygen atoms in total. The number of nitrogens with one attached hydrogen (secondary N) is 1. The average molecular weight is 480 g/mol. The molecule has 1 N–H and O–H groups in total. The Kier molecular flexibility index (Phi) is 5.92. The van der Waals surface area contributed by atoms with Crippen molar-refractivity contribution in [3.05, 3.63) is 17.0 Å². The topological polar surface area (TPSA) is 105 Å². The van der Waals surface area contributed by atoms with E-state index in [-0.39, 0.29) is 41.6 Å². The largest absolute Gasteiger partial charge is 0.326 e. The number of carbonyl (C=O) groups excluding carboxylic acids is 2. The number of rotatable bonds is 5. The van der Waals surface area contributed by atoms with Crippen molar-refractivity contribution < 1.29 is 18.0 Å². The van der Waals surface area contributed by atoms with E-state index in [1.165, 1.54) is 4.90 Å². The van der Waals surface area contributed by atoms with Gasteiger partial charge in [-0.05, 0) is 57.9 Å². The van der Waals surface area contributed by atoms with Crippen LogP contribution in [0, 0.1) is 25.2 Å². The molecule has 0 aromatic carbocycles. The minimum Gasteiger partial charge on any atom is -0.323 e. The lowest BCUT2D eigenvalue weighted by atomic mass is 9.64. The summed E-state index contributed by atoms with van der Waals surface area (Å²) in [5, 5.41) is 7.66. The first-order valence-electron chi connectivity index (χ1n) is 11.8. The van der Waals surface area contributed by atoms with Crippen molar-refractivity contribution in [3.8, 4) is 0 Å². The van der Waals surface area contributed by atoms with Gasteiger partial charge >= 0.3 is 6.03 Å². The summed E-state index contributed by atoms with van der Waals surface area (Å²) in [7, 11) is -1.12. The quantitative estimate of drug-likeness (QED) is 0.650. The molecular weight excluding hydrogens is 442 g/mol. The van der Waals surface area contributed by atoms with Crippen LogP contribution in [0.5, 0.6) is 0 Å². The number of aryl methyl sites for hydroxylation is 1. The normalized spacial score (nSPS) is 31.1. The first kappa shape index (κ1) is 24.2. The summed E-state index contributed by atoms with van der Waals surface area (Å²) in [5.74, 6) is 0.573. The second-order valence-electron chi connectivity index (χ2n) is 11.4. The summed E-state index contributed by atoms with van der Waals surface area (Å²) < 4.78 is 25.7. The van der Waals surface area contributed by atoms with Gasteiger partial charge in [0, 0.05) is 17.8 Å². The van der Waals surface area contributed by atoms with E-state index in [1.807, 2.05) is 30.5 Å². The number of imide groups is 1. The Balaban J connectivity index is 1.47. The van der Waals surface area contributed by atoms with Crippen LogP contribution < -0.4 is 5.32 Å². The highest BCUT2D eigenvalue weighted by Crippen LogP contribution is 2.46. The molecule has 0 unspecified atom stereocenters. The zero-order chi connectivity index (χ0) is 24.3. The van der Waals surface area contributed by atoms with Crippen LogP contribution in [-0.4, -0.2) is 70.7 Å². The maximum Gasteiger partial charge on any atom is 0.326 e. The standard InChI is InChI=1S/C23H37N5O4S/c1-15-9-22(4,5)13-23(10-15)20(29)27(21(30)24-23)14-26(6)11-19-16(2)25-28(17(19)3)18-7-8-33(31,32)12-18/h15,18H,7-14H2,1-6H3,(H,24,30)/t15-,18-,23-/m1/s1. The lowest BCUT2D eigenvalue weighted by molar-refractivity contribution is -0.136. The minimum absolute atomic E-state index is 0.000949. The molecule has 0 radical (unpaired) electrons. The molecule has 0 bridgehead atoms. The molecule has 3 aliphatic rings. The van der Waals surface area contributed by atoms with Crippen LogP contribution in [0.15, 0.2) is 0 Å². The van der Waals surface area contributed by atoms with Gasteiger partial charge in [0.15, 0.2) is 9.84 Å². The van der Waals surface area contributed by atoms with Crippen molar-refractivity contribution in [2.45, 2.75) is 78.4 Å². The molecule has 10 heteroatoms. The monoisotopic (exact) mass is 479 g/mol. The third kappa shape index (κ3) is 4.56. The molecular formula is C23H37N5O4S. The molecule has 1 spiro atoms. The lowest BCUT2D eigenvalue weighted by Gasteiger charge is -2.43. The Morgan fingerprint density at radius 1 is 1.21 bits per heavy atom. The van der Waals surface area contributed by atoms with Gasteiger partial charge in [-0.25, -0.2) is 18.1 Å². The predicted molar refractivity (Wildman–Crippen MR) is 125 cm³/mol. The number of hydrogen-bond donors (Lipinski definition) is 1. The van der Waals surface area contributed by atoms with Gasteiger partial charge in [0.05, 0.1) is 29.9 Å². The average Bonchev–Trinajstić information content (AvgIpc) is 3.23. The summed E-state index contributed by atoms with van der Waals surface area (Å²) in [6, 6.07) is -0.452. The van der Waals surface area contributed by atoms with Crippen LogP contribution in [0.4, 0.5) is 4.79 Å². The Bertz CT molecular complexity index is 1080. The van der Waals surface area contributed by atoms with Crippen molar-refractivity contribution in [1.82, 2.24) is 24.9 Å². The van der Waals surface area contributed by atoms with E-state index in [0.29, 0.717) is 31.7 Å². The van der Waals surface area contributed by atoms with Crippen LogP contribution in [0.2, 0.25) is 0 Å². The minimum atomic E-state index is -3.00. The smallest absolute Gasteiger partial charge is 0.323 e. The number of hydrogen-bond acceptors (Lipinski definition) is 6. The zero-order valence-corrected chi connectivity index (χ0v) is 21.5. The molecule has 1 aromatic rings. The molecule has 3 fully saturated rings. The number of urea groups is 1. The van der Waals surface area contributed by atoms with Crippen LogP contribution in [0.3, 0.4) is 0 Å². The van der Waals surface area contributed by atoms with Gasteiger partial charge in [0.1, 0.15) is 5.54 Å². The molecule has 1 aromatic heterocycles. The van der Waals surface area contributed by atoms with Gasteiger partial charge in [-0.2, -0.15) is 5.10 Å². The molecule has 2 aliphatic heterocycles. The highest BCUT2D eigenvalue weighted by Gasteiger charge is 2.56. The molecule has 184 valence electrons. The third-order valence-corrected chi connectivity index (χ3v) is 9.21. The molecule has 33 heavy (non-hydrogen) atoms. The second-order valence-corrected chi connectivity index (χ2v) is 13.6. The van der Waals surface area contributed by atoms with Crippen molar-refractivity contribution in [2.75, 3.05) is 25.2 Å². The first-order chi connectivity index (χ1) is 15.2. The second kappa shape index (κ2) is 8.08. The molecule has 3 atom stereocenters. The van der Waals surface area contributed by atoms with Gasteiger partial charge in [0.25, 0.3) is 5.91 Å². The van der Waals surface area contributed by atoms with Crippen molar-refractivity contribution in [1.29, 1.82) is 0 Å². The van der Waals surface area contributed by atoms with Gasteiger partial charge in [-0.1, -0.05) is 20.8 Å². The summed E-state index contributed by atoms with van der Waals surface area (Å²) in [6.45, 7) is 11.1. The number of sulfone groups is 1. The van der Waals surface area contributed by atoms with Gasteiger partial charge < -0.3 is 5.32 Å². The van der Waals surface area contributed by atoms with Crippen LogP contribution in [0.1, 0.15) is 69.4 Å².